The number of piperidine rings is 1. The molecule has 0 radical (unpaired) electrons. The van der Waals surface area contributed by atoms with Crippen molar-refractivity contribution in [2.45, 2.75) is 25.8 Å². The Morgan fingerprint density at radius 2 is 2.00 bits per heavy atom. The molecule has 0 spiro atoms. The summed E-state index contributed by atoms with van der Waals surface area (Å²) in [4.78, 5) is 6.80. The van der Waals surface area contributed by atoms with Crippen molar-refractivity contribution in [2.75, 3.05) is 19.6 Å². The smallest absolute Gasteiger partial charge is 0.0678 e. The average molecular weight is 308 g/mol. The third-order valence-electron chi connectivity index (χ3n) is 3.74. The van der Waals surface area contributed by atoms with Crippen molar-refractivity contribution in [3.05, 3.63) is 29.1 Å². The van der Waals surface area contributed by atoms with Gasteiger partial charge in [0.15, 0.2) is 0 Å². The molecule has 1 aliphatic heterocycles. The molecule has 3 heterocycles. The van der Waals surface area contributed by atoms with E-state index in [1.54, 1.807) is 0 Å². The van der Waals surface area contributed by atoms with Crippen LogP contribution in [0.25, 0.3) is 10.9 Å². The van der Waals surface area contributed by atoms with E-state index in [9.17, 15) is 0 Å². The van der Waals surface area contributed by atoms with Crippen LogP contribution in [0.2, 0.25) is 0 Å². The normalized spacial score (nSPS) is 17.4. The molecule has 2 aromatic heterocycles. The van der Waals surface area contributed by atoms with Crippen molar-refractivity contribution in [3.8, 4) is 0 Å². The molecule has 1 aliphatic rings. The Labute approximate surface area is 116 Å². The first-order chi connectivity index (χ1) is 8.84. The van der Waals surface area contributed by atoms with E-state index in [-0.39, 0.29) is 0 Å². The van der Waals surface area contributed by atoms with Crippen LogP contribution >= 0.6 is 15.9 Å². The highest BCUT2D eigenvalue weighted by molar-refractivity contribution is 9.10. The first-order valence-electron chi connectivity index (χ1n) is 6.65. The molecule has 1 fully saturated rings. The highest BCUT2D eigenvalue weighted by Crippen LogP contribution is 2.25. The third-order valence-corrected chi connectivity index (χ3v) is 4.37. The van der Waals surface area contributed by atoms with Crippen molar-refractivity contribution in [1.29, 1.82) is 0 Å². The predicted molar refractivity (Wildman–Crippen MR) is 77.7 cm³/mol. The van der Waals surface area contributed by atoms with E-state index >= 15 is 0 Å². The van der Waals surface area contributed by atoms with Gasteiger partial charge in [0.05, 0.1) is 11.7 Å². The molecule has 4 heteroatoms. The molecular weight excluding hydrogens is 290 g/mol. The van der Waals surface area contributed by atoms with Gasteiger partial charge in [-0.1, -0.05) is 6.42 Å². The molecule has 3 rings (SSSR count). The second-order valence-electron chi connectivity index (χ2n) is 4.97. The summed E-state index contributed by atoms with van der Waals surface area (Å²) in [7, 11) is 0. The van der Waals surface area contributed by atoms with E-state index in [1.807, 2.05) is 12.4 Å². The van der Waals surface area contributed by atoms with Crippen molar-refractivity contribution in [1.82, 2.24) is 14.5 Å². The van der Waals surface area contributed by atoms with Gasteiger partial charge in [0.2, 0.25) is 0 Å². The van der Waals surface area contributed by atoms with Crippen LogP contribution in [0.3, 0.4) is 0 Å². The summed E-state index contributed by atoms with van der Waals surface area (Å²) < 4.78 is 3.47. The number of hydrogen-bond donors (Lipinski definition) is 0. The number of rotatable bonds is 3. The van der Waals surface area contributed by atoms with E-state index in [4.69, 9.17) is 0 Å². The molecule has 0 aromatic carbocycles. The second kappa shape index (κ2) is 5.41. The van der Waals surface area contributed by atoms with Crippen molar-refractivity contribution >= 4 is 26.8 Å². The highest BCUT2D eigenvalue weighted by atomic mass is 79.9. The molecule has 96 valence electrons. The van der Waals surface area contributed by atoms with E-state index in [0.29, 0.717) is 0 Å². The number of halogens is 1. The van der Waals surface area contributed by atoms with Gasteiger partial charge in [0.25, 0.3) is 0 Å². The Hall–Kier alpha value is -0.870. The van der Waals surface area contributed by atoms with Gasteiger partial charge in [-0.25, -0.2) is 0 Å². The number of fused-ring (bicyclic) bond motifs is 1. The quantitative estimate of drug-likeness (QED) is 0.867. The Bertz CT molecular complexity index is 529. The van der Waals surface area contributed by atoms with Crippen LogP contribution in [0.4, 0.5) is 0 Å². The molecule has 2 aromatic rings. The second-order valence-corrected chi connectivity index (χ2v) is 5.82. The largest absolute Gasteiger partial charge is 0.344 e. The molecular formula is C14H18BrN3. The minimum absolute atomic E-state index is 1.05. The van der Waals surface area contributed by atoms with Crippen molar-refractivity contribution < 1.29 is 0 Å². The number of likely N-dealkylation sites (tertiary alicyclic amines) is 1. The van der Waals surface area contributed by atoms with E-state index in [2.05, 4.69) is 42.6 Å². The summed E-state index contributed by atoms with van der Waals surface area (Å²) >= 11 is 3.62. The molecule has 18 heavy (non-hydrogen) atoms. The average Bonchev–Trinajstić information content (AvgIpc) is 2.75. The van der Waals surface area contributed by atoms with Crippen LogP contribution in [-0.2, 0) is 6.54 Å². The van der Waals surface area contributed by atoms with E-state index in [0.717, 1.165) is 13.1 Å². The van der Waals surface area contributed by atoms with Gasteiger partial charge < -0.3 is 9.47 Å². The molecule has 0 amide bonds. The van der Waals surface area contributed by atoms with Crippen LogP contribution < -0.4 is 0 Å². The Morgan fingerprint density at radius 3 is 2.83 bits per heavy atom. The van der Waals surface area contributed by atoms with Crippen LogP contribution in [0.5, 0.6) is 0 Å². The molecule has 0 bridgehead atoms. The Morgan fingerprint density at radius 1 is 1.17 bits per heavy atom. The Kier molecular flexibility index (Phi) is 3.66. The lowest BCUT2D eigenvalue weighted by Crippen LogP contribution is -2.32. The molecule has 0 saturated carbocycles. The van der Waals surface area contributed by atoms with Crippen molar-refractivity contribution in [2.24, 2.45) is 0 Å². The van der Waals surface area contributed by atoms with Gasteiger partial charge in [0, 0.05) is 35.3 Å². The zero-order valence-corrected chi connectivity index (χ0v) is 12.1. The van der Waals surface area contributed by atoms with Gasteiger partial charge >= 0.3 is 0 Å². The van der Waals surface area contributed by atoms with Gasteiger partial charge in [-0.2, -0.15) is 0 Å². The fourth-order valence-corrected chi connectivity index (χ4v) is 3.29. The van der Waals surface area contributed by atoms with Gasteiger partial charge in [-0.05, 0) is 47.9 Å². The van der Waals surface area contributed by atoms with Crippen LogP contribution in [-0.4, -0.2) is 34.1 Å². The minimum atomic E-state index is 1.05. The summed E-state index contributed by atoms with van der Waals surface area (Å²) in [6.45, 7) is 4.72. The first-order valence-corrected chi connectivity index (χ1v) is 7.44. The number of pyridine rings is 1. The number of hydrogen-bond acceptors (Lipinski definition) is 2. The molecule has 0 N–H and O–H groups in total. The fraction of sp³-hybridized carbons (Fsp3) is 0.500. The molecule has 1 saturated heterocycles. The summed E-state index contributed by atoms with van der Waals surface area (Å²) in [6.07, 6.45) is 10.1. The van der Waals surface area contributed by atoms with Gasteiger partial charge in [-0.3, -0.25) is 4.98 Å². The lowest BCUT2D eigenvalue weighted by Gasteiger charge is -2.26. The molecule has 0 aliphatic carbocycles. The monoisotopic (exact) mass is 307 g/mol. The summed E-state index contributed by atoms with van der Waals surface area (Å²) in [5.74, 6) is 0. The number of aromatic nitrogens is 2. The standard InChI is InChI=1S/C14H18BrN3/c15-13-11-18(14-10-16-5-4-12(13)14)9-8-17-6-2-1-3-7-17/h4-5,10-11H,1-3,6-9H2. The van der Waals surface area contributed by atoms with Crippen LogP contribution in [0.15, 0.2) is 29.1 Å². The first kappa shape index (κ1) is 12.2. The molecule has 0 atom stereocenters. The highest BCUT2D eigenvalue weighted by Gasteiger charge is 2.11. The maximum absolute atomic E-state index is 4.23. The van der Waals surface area contributed by atoms with Gasteiger partial charge in [0.1, 0.15) is 0 Å². The molecule has 0 unspecified atom stereocenters. The van der Waals surface area contributed by atoms with E-state index < -0.39 is 0 Å². The van der Waals surface area contributed by atoms with Crippen LogP contribution in [0.1, 0.15) is 19.3 Å². The van der Waals surface area contributed by atoms with Crippen LogP contribution in [0, 0.1) is 0 Å². The fourth-order valence-electron chi connectivity index (χ4n) is 2.71. The maximum Gasteiger partial charge on any atom is 0.0678 e. The predicted octanol–water partition coefficient (Wildman–Crippen LogP) is 3.28. The molecule has 3 nitrogen and oxygen atoms in total. The Balaban J connectivity index is 1.74. The van der Waals surface area contributed by atoms with E-state index in [1.165, 1.54) is 47.7 Å². The summed E-state index contributed by atoms with van der Waals surface area (Å²) in [5, 5.41) is 1.25. The van der Waals surface area contributed by atoms with Crippen molar-refractivity contribution in [3.63, 3.8) is 0 Å². The maximum atomic E-state index is 4.23. The summed E-state index contributed by atoms with van der Waals surface area (Å²) in [6, 6.07) is 2.07. The third kappa shape index (κ3) is 2.45. The lowest BCUT2D eigenvalue weighted by atomic mass is 10.1. The zero-order valence-electron chi connectivity index (χ0n) is 10.5. The SMILES string of the molecule is Brc1cn(CCN2CCCCC2)c2cnccc12. The topological polar surface area (TPSA) is 21.1 Å². The lowest BCUT2D eigenvalue weighted by molar-refractivity contribution is 0.221. The zero-order chi connectivity index (χ0) is 12.4. The minimum Gasteiger partial charge on any atom is -0.344 e. The summed E-state index contributed by atoms with van der Waals surface area (Å²) in [5.41, 5.74) is 1.22. The van der Waals surface area contributed by atoms with Gasteiger partial charge in [-0.15, -0.1) is 0 Å². The number of nitrogens with zero attached hydrogens (tertiary/aromatic N) is 3.